The minimum absolute atomic E-state index is 0.260. The minimum Gasteiger partial charge on any atom is -0.361 e. The van der Waals surface area contributed by atoms with Gasteiger partial charge >= 0.3 is 6.03 Å². The van der Waals surface area contributed by atoms with Gasteiger partial charge in [-0.1, -0.05) is 65.8 Å². The zero-order valence-electron chi connectivity index (χ0n) is 17.7. The topological polar surface area (TPSA) is 87.5 Å². The summed E-state index contributed by atoms with van der Waals surface area (Å²) in [6.45, 7) is 1.77. The third-order valence-corrected chi connectivity index (χ3v) is 4.86. The van der Waals surface area contributed by atoms with Gasteiger partial charge in [0.25, 0.3) is 0 Å². The fourth-order valence-corrected chi connectivity index (χ4v) is 3.11. The minimum atomic E-state index is -0.476. The normalized spacial score (nSPS) is 10.8. The molecule has 162 valence electrons. The summed E-state index contributed by atoms with van der Waals surface area (Å²) in [5.41, 5.74) is 2.85. The van der Waals surface area contributed by atoms with Crippen LogP contribution in [-0.2, 0) is 17.8 Å². The van der Waals surface area contributed by atoms with E-state index in [9.17, 15) is 9.59 Å². The van der Waals surface area contributed by atoms with Crippen LogP contribution in [0.15, 0.2) is 71.3 Å². The largest absolute Gasteiger partial charge is 0.361 e. The summed E-state index contributed by atoms with van der Waals surface area (Å²) in [4.78, 5) is 25.9. The number of imide groups is 1. The number of hydrogen-bond acceptors (Lipinski definition) is 5. The molecule has 3 aromatic rings. The van der Waals surface area contributed by atoms with Gasteiger partial charge in [-0.2, -0.15) is 0 Å². The number of rotatable bonds is 10. The van der Waals surface area contributed by atoms with Gasteiger partial charge in [-0.05, 0) is 25.6 Å². The Morgan fingerprint density at radius 1 is 1.00 bits per heavy atom. The quantitative estimate of drug-likeness (QED) is 0.523. The first kappa shape index (κ1) is 22.2. The number of amides is 3. The predicted molar refractivity (Wildman–Crippen MR) is 119 cm³/mol. The van der Waals surface area contributed by atoms with E-state index in [2.05, 4.69) is 20.7 Å². The summed E-state index contributed by atoms with van der Waals surface area (Å²) in [6, 6.07) is 21.0. The first-order valence-corrected chi connectivity index (χ1v) is 10.4. The number of urea groups is 1. The molecule has 0 saturated heterocycles. The maximum Gasteiger partial charge on any atom is 0.321 e. The van der Waals surface area contributed by atoms with E-state index in [0.29, 0.717) is 13.1 Å². The molecule has 0 fully saturated rings. The second-order valence-corrected chi connectivity index (χ2v) is 7.42. The molecule has 7 nitrogen and oxygen atoms in total. The Kier molecular flexibility index (Phi) is 8.37. The lowest BCUT2D eigenvalue weighted by Gasteiger charge is -2.15. The summed E-state index contributed by atoms with van der Waals surface area (Å²) in [7, 11) is 1.96. The van der Waals surface area contributed by atoms with Crippen LogP contribution in [0.5, 0.6) is 0 Å². The highest BCUT2D eigenvalue weighted by molar-refractivity contribution is 5.94. The van der Waals surface area contributed by atoms with Crippen LogP contribution in [0.4, 0.5) is 4.79 Å². The Hall–Kier alpha value is -3.45. The highest BCUT2D eigenvalue weighted by Crippen LogP contribution is 2.19. The van der Waals surface area contributed by atoms with E-state index in [0.717, 1.165) is 42.0 Å². The van der Waals surface area contributed by atoms with Crippen molar-refractivity contribution in [1.82, 2.24) is 20.7 Å². The Balaban J connectivity index is 1.29. The van der Waals surface area contributed by atoms with Crippen molar-refractivity contribution in [2.75, 3.05) is 20.1 Å². The molecule has 1 heterocycles. The van der Waals surface area contributed by atoms with Crippen molar-refractivity contribution >= 4 is 11.9 Å². The predicted octanol–water partition coefficient (Wildman–Crippen LogP) is 3.62. The molecule has 3 rings (SSSR count). The van der Waals surface area contributed by atoms with Gasteiger partial charge in [0.15, 0.2) is 0 Å². The fraction of sp³-hybridized carbons (Fsp3) is 0.292. The maximum absolute atomic E-state index is 12.0. The third-order valence-electron chi connectivity index (χ3n) is 4.86. The summed E-state index contributed by atoms with van der Waals surface area (Å²) in [5.74, 6) is 0.556. The van der Waals surface area contributed by atoms with Gasteiger partial charge in [0.05, 0.1) is 0 Å². The average Bonchev–Trinajstić information content (AvgIpc) is 3.27. The van der Waals surface area contributed by atoms with Crippen LogP contribution >= 0.6 is 0 Å². The maximum atomic E-state index is 12.0. The zero-order chi connectivity index (χ0) is 21.9. The van der Waals surface area contributed by atoms with E-state index >= 15 is 0 Å². The standard InChI is InChI=1S/C24H28N4O3/c1-28(15-8-13-21-17-22(27-31-21)20-11-6-3-7-12-20)16-14-23(29)26-24(30)25-18-19-9-4-2-5-10-19/h2-7,9-12,17H,8,13-16,18H2,1H3,(H2,25,26,29,30). The van der Waals surface area contributed by atoms with Crippen molar-refractivity contribution in [1.29, 1.82) is 0 Å². The summed E-state index contributed by atoms with van der Waals surface area (Å²) in [5, 5.41) is 9.18. The van der Waals surface area contributed by atoms with Gasteiger partial charge < -0.3 is 14.7 Å². The van der Waals surface area contributed by atoms with Crippen LogP contribution in [0.1, 0.15) is 24.2 Å². The number of nitrogens with zero attached hydrogens (tertiary/aromatic N) is 2. The molecule has 0 atom stereocenters. The molecular weight excluding hydrogens is 392 g/mol. The molecule has 2 aromatic carbocycles. The molecule has 0 aliphatic heterocycles. The van der Waals surface area contributed by atoms with Crippen LogP contribution in [0.3, 0.4) is 0 Å². The van der Waals surface area contributed by atoms with Crippen molar-refractivity contribution in [2.24, 2.45) is 0 Å². The van der Waals surface area contributed by atoms with E-state index in [4.69, 9.17) is 4.52 Å². The molecular formula is C24H28N4O3. The summed E-state index contributed by atoms with van der Waals surface area (Å²) in [6.07, 6.45) is 1.92. The van der Waals surface area contributed by atoms with Crippen LogP contribution in [0.2, 0.25) is 0 Å². The average molecular weight is 421 g/mol. The molecule has 0 saturated carbocycles. The molecule has 31 heavy (non-hydrogen) atoms. The molecule has 3 amide bonds. The first-order valence-electron chi connectivity index (χ1n) is 10.4. The number of hydrogen-bond donors (Lipinski definition) is 2. The lowest BCUT2D eigenvalue weighted by atomic mass is 10.1. The van der Waals surface area contributed by atoms with Crippen molar-refractivity contribution in [2.45, 2.75) is 25.8 Å². The molecule has 0 radical (unpaired) electrons. The lowest BCUT2D eigenvalue weighted by Crippen LogP contribution is -2.40. The van der Waals surface area contributed by atoms with Crippen molar-refractivity contribution in [3.05, 3.63) is 78.1 Å². The van der Waals surface area contributed by atoms with E-state index in [1.807, 2.05) is 73.8 Å². The number of carbonyl (C=O) groups excluding carboxylic acids is 2. The Bertz CT molecular complexity index is 957. The number of nitrogens with one attached hydrogen (secondary N) is 2. The molecule has 7 heteroatoms. The van der Waals surface area contributed by atoms with Crippen molar-refractivity contribution in [3.63, 3.8) is 0 Å². The van der Waals surface area contributed by atoms with Crippen LogP contribution in [0, 0.1) is 0 Å². The van der Waals surface area contributed by atoms with Crippen LogP contribution < -0.4 is 10.6 Å². The Morgan fingerprint density at radius 3 is 2.45 bits per heavy atom. The summed E-state index contributed by atoms with van der Waals surface area (Å²) >= 11 is 0. The number of carbonyl (C=O) groups is 2. The third kappa shape index (κ3) is 7.71. The molecule has 0 aliphatic rings. The van der Waals surface area contributed by atoms with E-state index in [1.165, 1.54) is 0 Å². The van der Waals surface area contributed by atoms with Crippen LogP contribution in [-0.4, -0.2) is 42.1 Å². The van der Waals surface area contributed by atoms with Gasteiger partial charge in [0.1, 0.15) is 11.5 Å². The van der Waals surface area contributed by atoms with Gasteiger partial charge in [-0.3, -0.25) is 10.1 Å². The number of aryl methyl sites for hydroxylation is 1. The highest BCUT2D eigenvalue weighted by atomic mass is 16.5. The molecule has 0 bridgehead atoms. The Morgan fingerprint density at radius 2 is 1.71 bits per heavy atom. The first-order chi connectivity index (χ1) is 15.1. The smallest absolute Gasteiger partial charge is 0.321 e. The molecule has 0 aliphatic carbocycles. The number of benzene rings is 2. The van der Waals surface area contributed by atoms with Gasteiger partial charge in [0.2, 0.25) is 5.91 Å². The number of aromatic nitrogens is 1. The monoisotopic (exact) mass is 420 g/mol. The lowest BCUT2D eigenvalue weighted by molar-refractivity contribution is -0.120. The van der Waals surface area contributed by atoms with E-state index in [1.54, 1.807) is 0 Å². The SMILES string of the molecule is CN(CCCc1cc(-c2ccccc2)no1)CCC(=O)NC(=O)NCc1ccccc1. The Labute approximate surface area is 182 Å². The van der Waals surface area contributed by atoms with Gasteiger partial charge in [-0.25, -0.2) is 4.79 Å². The molecule has 0 unspecified atom stereocenters. The second-order valence-electron chi connectivity index (χ2n) is 7.42. The highest BCUT2D eigenvalue weighted by Gasteiger charge is 2.10. The molecule has 1 aromatic heterocycles. The second kappa shape index (κ2) is 11.7. The zero-order valence-corrected chi connectivity index (χ0v) is 17.7. The van der Waals surface area contributed by atoms with E-state index in [-0.39, 0.29) is 12.3 Å². The summed E-state index contributed by atoms with van der Waals surface area (Å²) < 4.78 is 5.42. The fourth-order valence-electron chi connectivity index (χ4n) is 3.11. The van der Waals surface area contributed by atoms with E-state index < -0.39 is 6.03 Å². The van der Waals surface area contributed by atoms with Gasteiger partial charge in [0, 0.05) is 37.6 Å². The molecule has 0 spiro atoms. The van der Waals surface area contributed by atoms with Crippen LogP contribution in [0.25, 0.3) is 11.3 Å². The van der Waals surface area contributed by atoms with Gasteiger partial charge in [-0.15, -0.1) is 0 Å². The molecule has 2 N–H and O–H groups in total. The van der Waals surface area contributed by atoms with Crippen molar-refractivity contribution < 1.29 is 14.1 Å². The van der Waals surface area contributed by atoms with Crippen molar-refractivity contribution in [3.8, 4) is 11.3 Å².